The van der Waals surface area contributed by atoms with Crippen molar-refractivity contribution < 1.29 is 9.47 Å². The smallest absolute Gasteiger partial charge is 0.161 e. The van der Waals surface area contributed by atoms with Gasteiger partial charge in [0, 0.05) is 6.04 Å². The topological polar surface area (TPSA) is 47.7 Å². The zero-order chi connectivity index (χ0) is 13.1. The summed E-state index contributed by atoms with van der Waals surface area (Å²) in [4.78, 5) is 2.54. The van der Waals surface area contributed by atoms with Gasteiger partial charge in [-0.15, -0.1) is 0 Å². The van der Waals surface area contributed by atoms with E-state index in [1.165, 1.54) is 31.5 Å². The van der Waals surface area contributed by atoms with E-state index in [0.29, 0.717) is 19.3 Å². The van der Waals surface area contributed by atoms with Crippen LogP contribution in [-0.4, -0.2) is 37.7 Å². The fraction of sp³-hybridized carbons (Fsp3) is 0.600. The molecule has 0 bridgehead atoms. The number of hydrogen-bond donors (Lipinski definition) is 1. The Hall–Kier alpha value is -1.26. The van der Waals surface area contributed by atoms with Crippen molar-refractivity contribution in [1.29, 1.82) is 0 Å². The minimum atomic E-state index is 0.420. The van der Waals surface area contributed by atoms with E-state index in [1.54, 1.807) is 0 Å². The van der Waals surface area contributed by atoms with Crippen LogP contribution in [0.15, 0.2) is 18.2 Å². The molecule has 19 heavy (non-hydrogen) atoms. The molecule has 1 saturated heterocycles. The van der Waals surface area contributed by atoms with Crippen molar-refractivity contribution in [2.45, 2.75) is 25.3 Å². The van der Waals surface area contributed by atoms with Gasteiger partial charge < -0.3 is 15.2 Å². The van der Waals surface area contributed by atoms with Crippen LogP contribution in [0.4, 0.5) is 0 Å². The summed E-state index contributed by atoms with van der Waals surface area (Å²) in [6, 6.07) is 6.74. The second-order valence-corrected chi connectivity index (χ2v) is 5.24. The van der Waals surface area contributed by atoms with Crippen LogP contribution in [-0.2, 0) is 0 Å². The summed E-state index contributed by atoms with van der Waals surface area (Å²) in [7, 11) is 0. The first-order chi connectivity index (χ1) is 9.38. The highest BCUT2D eigenvalue weighted by molar-refractivity contribution is 5.44. The molecule has 1 atom stereocenters. The third-order valence-corrected chi connectivity index (χ3v) is 3.97. The number of likely N-dealkylation sites (tertiary alicyclic amines) is 1. The number of nitrogens with zero attached hydrogens (tertiary/aromatic N) is 1. The molecule has 2 aliphatic heterocycles. The van der Waals surface area contributed by atoms with Gasteiger partial charge >= 0.3 is 0 Å². The Morgan fingerprint density at radius 3 is 2.58 bits per heavy atom. The van der Waals surface area contributed by atoms with Crippen LogP contribution in [0.25, 0.3) is 0 Å². The Labute approximate surface area is 114 Å². The molecule has 0 aliphatic carbocycles. The summed E-state index contributed by atoms with van der Waals surface area (Å²) < 4.78 is 11.3. The number of nitrogens with two attached hydrogens (primary N) is 1. The summed E-state index contributed by atoms with van der Waals surface area (Å²) in [5, 5.41) is 0. The predicted octanol–water partition coefficient (Wildman–Crippen LogP) is 1.94. The third-order valence-electron chi connectivity index (χ3n) is 3.97. The van der Waals surface area contributed by atoms with E-state index >= 15 is 0 Å². The first-order valence-corrected chi connectivity index (χ1v) is 7.22. The normalized spacial score (nSPS) is 20.5. The van der Waals surface area contributed by atoms with E-state index in [2.05, 4.69) is 17.0 Å². The van der Waals surface area contributed by atoms with Crippen LogP contribution in [0.5, 0.6) is 11.5 Å². The average molecular weight is 262 g/mol. The van der Waals surface area contributed by atoms with Gasteiger partial charge in [-0.1, -0.05) is 6.07 Å². The standard InChI is InChI=1S/C15H22N2O2/c16-6-5-13(17-7-1-2-8-17)12-3-4-14-15(11-12)19-10-9-18-14/h3-4,11,13H,1-2,5-10,16H2. The molecule has 0 saturated carbocycles. The number of hydrogen-bond acceptors (Lipinski definition) is 4. The lowest BCUT2D eigenvalue weighted by atomic mass is 10.0. The molecular formula is C15H22N2O2. The van der Waals surface area contributed by atoms with Crippen LogP contribution < -0.4 is 15.2 Å². The van der Waals surface area contributed by atoms with E-state index in [-0.39, 0.29) is 0 Å². The van der Waals surface area contributed by atoms with Crippen molar-refractivity contribution in [3.8, 4) is 11.5 Å². The molecule has 3 rings (SSSR count). The Kier molecular flexibility index (Phi) is 3.89. The van der Waals surface area contributed by atoms with Gasteiger partial charge in [0.15, 0.2) is 11.5 Å². The van der Waals surface area contributed by atoms with Crippen molar-refractivity contribution in [3.05, 3.63) is 23.8 Å². The van der Waals surface area contributed by atoms with Gasteiger partial charge in [-0.05, 0) is 56.6 Å². The molecule has 1 aromatic rings. The molecule has 2 N–H and O–H groups in total. The minimum absolute atomic E-state index is 0.420. The maximum absolute atomic E-state index is 5.79. The second-order valence-electron chi connectivity index (χ2n) is 5.24. The molecular weight excluding hydrogens is 240 g/mol. The van der Waals surface area contributed by atoms with Crippen LogP contribution in [0.2, 0.25) is 0 Å². The number of benzene rings is 1. The summed E-state index contributed by atoms with van der Waals surface area (Å²) >= 11 is 0. The monoisotopic (exact) mass is 262 g/mol. The minimum Gasteiger partial charge on any atom is -0.486 e. The van der Waals surface area contributed by atoms with Gasteiger partial charge in [0.25, 0.3) is 0 Å². The maximum Gasteiger partial charge on any atom is 0.161 e. The van der Waals surface area contributed by atoms with Crippen molar-refractivity contribution in [1.82, 2.24) is 4.90 Å². The van der Waals surface area contributed by atoms with E-state index in [1.807, 2.05) is 6.07 Å². The summed E-state index contributed by atoms with van der Waals surface area (Å²) in [5.74, 6) is 1.74. The predicted molar refractivity (Wildman–Crippen MR) is 74.7 cm³/mol. The number of ether oxygens (including phenoxy) is 2. The molecule has 2 aliphatic rings. The van der Waals surface area contributed by atoms with Gasteiger partial charge in [-0.3, -0.25) is 4.90 Å². The van der Waals surface area contributed by atoms with Gasteiger partial charge in [-0.25, -0.2) is 0 Å². The lowest BCUT2D eigenvalue weighted by Gasteiger charge is -2.29. The van der Waals surface area contributed by atoms with E-state index in [0.717, 1.165) is 24.5 Å². The number of fused-ring (bicyclic) bond motifs is 1. The highest BCUT2D eigenvalue weighted by Gasteiger charge is 2.24. The summed E-state index contributed by atoms with van der Waals surface area (Å²) in [5.41, 5.74) is 7.09. The van der Waals surface area contributed by atoms with Crippen LogP contribution in [0.1, 0.15) is 30.9 Å². The first kappa shape index (κ1) is 12.8. The highest BCUT2D eigenvalue weighted by atomic mass is 16.6. The van der Waals surface area contributed by atoms with E-state index in [4.69, 9.17) is 15.2 Å². The molecule has 1 fully saturated rings. The molecule has 1 aromatic carbocycles. The van der Waals surface area contributed by atoms with Crippen LogP contribution >= 0.6 is 0 Å². The maximum atomic E-state index is 5.79. The average Bonchev–Trinajstić information content (AvgIpc) is 2.98. The van der Waals surface area contributed by atoms with Gasteiger partial charge in [0.2, 0.25) is 0 Å². The van der Waals surface area contributed by atoms with E-state index < -0.39 is 0 Å². The zero-order valence-electron chi connectivity index (χ0n) is 11.3. The van der Waals surface area contributed by atoms with Crippen molar-refractivity contribution in [2.75, 3.05) is 32.8 Å². The Morgan fingerprint density at radius 2 is 1.84 bits per heavy atom. The third kappa shape index (κ3) is 2.69. The SMILES string of the molecule is NCCC(c1ccc2c(c1)OCCO2)N1CCCC1. The fourth-order valence-electron chi connectivity index (χ4n) is 3.04. The first-order valence-electron chi connectivity index (χ1n) is 7.22. The molecule has 0 aromatic heterocycles. The molecule has 4 nitrogen and oxygen atoms in total. The zero-order valence-corrected chi connectivity index (χ0v) is 11.3. The quantitative estimate of drug-likeness (QED) is 0.901. The van der Waals surface area contributed by atoms with Gasteiger partial charge in [0.1, 0.15) is 13.2 Å². The molecule has 0 spiro atoms. The van der Waals surface area contributed by atoms with Gasteiger partial charge in [-0.2, -0.15) is 0 Å². The molecule has 0 amide bonds. The fourth-order valence-corrected chi connectivity index (χ4v) is 3.04. The Morgan fingerprint density at radius 1 is 1.11 bits per heavy atom. The van der Waals surface area contributed by atoms with Crippen molar-refractivity contribution >= 4 is 0 Å². The van der Waals surface area contributed by atoms with Crippen LogP contribution in [0, 0.1) is 0 Å². The number of rotatable bonds is 4. The van der Waals surface area contributed by atoms with Crippen LogP contribution in [0.3, 0.4) is 0 Å². The molecule has 1 unspecified atom stereocenters. The summed E-state index contributed by atoms with van der Waals surface area (Å²) in [6.45, 7) is 4.36. The summed E-state index contributed by atoms with van der Waals surface area (Å²) in [6.07, 6.45) is 3.59. The van der Waals surface area contributed by atoms with Crippen molar-refractivity contribution in [2.24, 2.45) is 5.73 Å². The largest absolute Gasteiger partial charge is 0.486 e. The van der Waals surface area contributed by atoms with E-state index in [9.17, 15) is 0 Å². The molecule has 0 radical (unpaired) electrons. The van der Waals surface area contributed by atoms with Crippen molar-refractivity contribution in [3.63, 3.8) is 0 Å². The molecule has 2 heterocycles. The Bertz CT molecular complexity index is 430. The van der Waals surface area contributed by atoms with Gasteiger partial charge in [0.05, 0.1) is 0 Å². The lowest BCUT2D eigenvalue weighted by Crippen LogP contribution is -2.27. The lowest BCUT2D eigenvalue weighted by molar-refractivity contribution is 0.170. The Balaban J connectivity index is 1.84. The molecule has 104 valence electrons. The second kappa shape index (κ2) is 5.80. The molecule has 4 heteroatoms. The highest BCUT2D eigenvalue weighted by Crippen LogP contribution is 2.36.